The van der Waals surface area contributed by atoms with E-state index >= 15 is 0 Å². The van der Waals surface area contributed by atoms with Crippen LogP contribution in [0, 0.1) is 0 Å². The van der Waals surface area contributed by atoms with Crippen molar-refractivity contribution >= 4 is 34.9 Å². The van der Waals surface area contributed by atoms with Gasteiger partial charge in [0, 0.05) is 20.3 Å². The van der Waals surface area contributed by atoms with Crippen LogP contribution in [0.5, 0.6) is 0 Å². The molecule has 160 valence electrons. The first-order valence-corrected chi connectivity index (χ1v) is 9.10. The number of nitrogens with one attached hydrogen (secondary N) is 1. The van der Waals surface area contributed by atoms with Crippen molar-refractivity contribution in [3.05, 3.63) is 74.1 Å². The number of rotatable bonds is 5. The number of aryl methyl sites for hydroxylation is 1. The van der Waals surface area contributed by atoms with Crippen LogP contribution in [0.1, 0.15) is 26.3 Å². The average molecular weight is 424 g/mol. The fourth-order valence-corrected chi connectivity index (χ4v) is 3.08. The summed E-state index contributed by atoms with van der Waals surface area (Å²) in [6.45, 7) is 0. The number of hydrogen-bond acceptors (Lipinski definition) is 8. The number of fused-ring (bicyclic) bond motifs is 1. The summed E-state index contributed by atoms with van der Waals surface area (Å²) in [5.74, 6) is -1.92. The van der Waals surface area contributed by atoms with Gasteiger partial charge in [-0.1, -0.05) is 30.3 Å². The maximum Gasteiger partial charge on any atom is 0.342 e. The Morgan fingerprint density at radius 2 is 1.58 bits per heavy atom. The number of carbonyl (C=O) groups excluding carboxylic acids is 2. The molecule has 3 aromatic rings. The zero-order chi connectivity index (χ0) is 22.7. The number of hydrogen-bond donors (Lipinski definition) is 1. The molecule has 2 heterocycles. The van der Waals surface area contributed by atoms with Crippen molar-refractivity contribution in [2.75, 3.05) is 19.5 Å². The van der Waals surface area contributed by atoms with Crippen LogP contribution in [0.25, 0.3) is 17.1 Å². The van der Waals surface area contributed by atoms with Crippen molar-refractivity contribution in [1.29, 1.82) is 0 Å². The molecule has 3 rings (SSSR count). The quantitative estimate of drug-likeness (QED) is 0.608. The fraction of sp³-hybridized carbons (Fsp3) is 0.190. The first-order chi connectivity index (χ1) is 14.8. The molecule has 0 aliphatic rings. The Morgan fingerprint density at radius 3 is 2.19 bits per heavy atom. The van der Waals surface area contributed by atoms with Crippen LogP contribution in [0.15, 0.2) is 46.1 Å². The van der Waals surface area contributed by atoms with Crippen LogP contribution in [-0.4, -0.2) is 40.3 Å². The zero-order valence-electron chi connectivity index (χ0n) is 17.3. The highest BCUT2D eigenvalue weighted by atomic mass is 16.5. The number of methoxy groups -OCH3 is 2. The van der Waals surface area contributed by atoms with E-state index in [2.05, 4.69) is 10.3 Å². The number of esters is 2. The number of pyridine rings is 1. The average Bonchev–Trinajstić information content (AvgIpc) is 2.80. The lowest BCUT2D eigenvalue weighted by Gasteiger charge is -2.16. The lowest BCUT2D eigenvalue weighted by atomic mass is 10.0. The van der Waals surface area contributed by atoms with Gasteiger partial charge in [0.2, 0.25) is 0 Å². The molecule has 0 radical (unpaired) electrons. The van der Waals surface area contributed by atoms with Gasteiger partial charge in [0.1, 0.15) is 11.4 Å². The number of carbonyl (C=O) groups is 2. The molecule has 0 aliphatic carbocycles. The van der Waals surface area contributed by atoms with E-state index in [1.54, 1.807) is 6.08 Å². The number of nitrogens with zero attached hydrogens (tertiary/aromatic N) is 3. The summed E-state index contributed by atoms with van der Waals surface area (Å²) < 4.78 is 11.6. The standard InChI is InChI=1S/C21H20N4O6/c1-24-17-15(18(26)25(2)21(24)29)13(19(27)30-3)14(20(28)31-4)16(23-17)22-11-10-12-8-6-5-7-9-12/h5-11H,1-4H3,(H,22,23)/b11-10+. The highest BCUT2D eigenvalue weighted by molar-refractivity contribution is 6.14. The van der Waals surface area contributed by atoms with Gasteiger partial charge in [0.05, 0.1) is 25.2 Å². The van der Waals surface area contributed by atoms with E-state index in [4.69, 9.17) is 9.47 Å². The molecule has 0 amide bonds. The van der Waals surface area contributed by atoms with Crippen molar-refractivity contribution in [3.8, 4) is 0 Å². The molecule has 1 N–H and O–H groups in total. The Bertz CT molecular complexity index is 1320. The third kappa shape index (κ3) is 3.82. The maximum absolute atomic E-state index is 12.8. The minimum Gasteiger partial charge on any atom is -0.465 e. The molecule has 0 fully saturated rings. The molecule has 0 bridgehead atoms. The van der Waals surface area contributed by atoms with Crippen LogP contribution in [-0.2, 0) is 23.6 Å². The molecular formula is C21H20N4O6. The van der Waals surface area contributed by atoms with Crippen LogP contribution >= 0.6 is 0 Å². The summed E-state index contributed by atoms with van der Waals surface area (Å²) in [5.41, 5.74) is -1.27. The van der Waals surface area contributed by atoms with Crippen molar-refractivity contribution in [2.24, 2.45) is 14.1 Å². The largest absolute Gasteiger partial charge is 0.465 e. The molecule has 0 unspecified atom stereocenters. The van der Waals surface area contributed by atoms with Crippen molar-refractivity contribution in [2.45, 2.75) is 0 Å². The van der Waals surface area contributed by atoms with Crippen LogP contribution in [0.4, 0.5) is 5.82 Å². The Kier molecular flexibility index (Phi) is 6.00. The van der Waals surface area contributed by atoms with Gasteiger partial charge in [-0.15, -0.1) is 0 Å². The molecule has 0 aliphatic heterocycles. The van der Waals surface area contributed by atoms with E-state index < -0.39 is 23.2 Å². The minimum absolute atomic E-state index is 0.0739. The second-order valence-electron chi connectivity index (χ2n) is 6.49. The molecule has 31 heavy (non-hydrogen) atoms. The summed E-state index contributed by atoms with van der Waals surface area (Å²) in [7, 11) is 4.91. The molecule has 0 saturated carbocycles. The van der Waals surface area contributed by atoms with E-state index in [1.807, 2.05) is 30.3 Å². The van der Waals surface area contributed by atoms with E-state index in [9.17, 15) is 19.2 Å². The molecular weight excluding hydrogens is 404 g/mol. The van der Waals surface area contributed by atoms with Crippen LogP contribution in [0.3, 0.4) is 0 Å². The van der Waals surface area contributed by atoms with Gasteiger partial charge in [0.25, 0.3) is 5.56 Å². The molecule has 10 nitrogen and oxygen atoms in total. The highest BCUT2D eigenvalue weighted by Gasteiger charge is 2.30. The first kappa shape index (κ1) is 21.5. The number of ether oxygens (including phenoxy) is 2. The van der Waals surface area contributed by atoms with Crippen molar-refractivity contribution in [3.63, 3.8) is 0 Å². The van der Waals surface area contributed by atoms with E-state index in [1.165, 1.54) is 20.3 Å². The lowest BCUT2D eigenvalue weighted by Crippen LogP contribution is -2.38. The van der Waals surface area contributed by atoms with Gasteiger partial charge in [-0.05, 0) is 11.6 Å². The summed E-state index contributed by atoms with van der Waals surface area (Å²) in [6.07, 6.45) is 3.23. The number of anilines is 1. The molecule has 1 aromatic carbocycles. The predicted molar refractivity (Wildman–Crippen MR) is 114 cm³/mol. The van der Waals surface area contributed by atoms with Gasteiger partial charge < -0.3 is 14.8 Å². The van der Waals surface area contributed by atoms with Gasteiger partial charge >= 0.3 is 17.6 Å². The first-order valence-electron chi connectivity index (χ1n) is 9.10. The second-order valence-corrected chi connectivity index (χ2v) is 6.49. The van der Waals surface area contributed by atoms with Gasteiger partial charge in [-0.2, -0.15) is 0 Å². The third-order valence-corrected chi connectivity index (χ3v) is 4.66. The lowest BCUT2D eigenvalue weighted by molar-refractivity contribution is 0.0557. The van der Waals surface area contributed by atoms with E-state index in [0.717, 1.165) is 28.9 Å². The van der Waals surface area contributed by atoms with Crippen molar-refractivity contribution < 1.29 is 19.1 Å². The van der Waals surface area contributed by atoms with E-state index in [0.29, 0.717) is 0 Å². The molecule has 2 aromatic heterocycles. The number of benzene rings is 1. The van der Waals surface area contributed by atoms with Crippen LogP contribution < -0.4 is 16.6 Å². The molecule has 0 atom stereocenters. The normalized spacial score (nSPS) is 11.0. The summed E-state index contributed by atoms with van der Waals surface area (Å²) >= 11 is 0. The van der Waals surface area contributed by atoms with Gasteiger partial charge in [0.15, 0.2) is 5.65 Å². The zero-order valence-corrected chi connectivity index (χ0v) is 17.3. The Labute approximate surface area is 176 Å². The summed E-state index contributed by atoms with van der Waals surface area (Å²) in [5, 5.41) is 2.62. The topological polar surface area (TPSA) is 122 Å². The van der Waals surface area contributed by atoms with Gasteiger partial charge in [-0.25, -0.2) is 19.4 Å². The fourth-order valence-electron chi connectivity index (χ4n) is 3.08. The maximum atomic E-state index is 12.8. The molecule has 0 spiro atoms. The van der Waals surface area contributed by atoms with Crippen molar-refractivity contribution in [1.82, 2.24) is 14.1 Å². The Hall–Kier alpha value is -4.21. The highest BCUT2D eigenvalue weighted by Crippen LogP contribution is 2.26. The summed E-state index contributed by atoms with van der Waals surface area (Å²) in [6, 6.07) is 9.30. The third-order valence-electron chi connectivity index (χ3n) is 4.66. The van der Waals surface area contributed by atoms with Gasteiger partial charge in [-0.3, -0.25) is 13.9 Å². The molecule has 0 saturated heterocycles. The SMILES string of the molecule is COC(=O)c1c(N/C=C/c2ccccc2)nc2c(c1C(=O)OC)c(=O)n(C)c(=O)n2C. The van der Waals surface area contributed by atoms with E-state index in [-0.39, 0.29) is 28.0 Å². The minimum atomic E-state index is -0.946. The Balaban J connectivity index is 2.36. The Morgan fingerprint density at radius 1 is 0.968 bits per heavy atom. The second kappa shape index (κ2) is 8.66. The predicted octanol–water partition coefficient (Wildman–Crippen LogP) is 1.29. The molecule has 10 heteroatoms. The summed E-state index contributed by atoms with van der Waals surface area (Å²) in [4.78, 5) is 54.7. The monoisotopic (exact) mass is 424 g/mol. The smallest absolute Gasteiger partial charge is 0.342 e. The number of aromatic nitrogens is 3. The van der Waals surface area contributed by atoms with Crippen LogP contribution in [0.2, 0.25) is 0 Å².